The highest BCUT2D eigenvalue weighted by molar-refractivity contribution is 5.88. The van der Waals surface area contributed by atoms with E-state index in [-0.39, 0.29) is 0 Å². The largest absolute Gasteiger partial charge is 0.497 e. The number of aromatic nitrogens is 3. The fourth-order valence-corrected chi connectivity index (χ4v) is 3.62. The van der Waals surface area contributed by atoms with Gasteiger partial charge in [0.2, 0.25) is 0 Å². The van der Waals surface area contributed by atoms with Gasteiger partial charge >= 0.3 is 0 Å². The van der Waals surface area contributed by atoms with Crippen molar-refractivity contribution in [3.63, 3.8) is 0 Å². The van der Waals surface area contributed by atoms with Crippen LogP contribution in [0.1, 0.15) is 30.8 Å². The normalized spacial score (nSPS) is 11.7. The summed E-state index contributed by atoms with van der Waals surface area (Å²) in [7, 11) is 5.15. The monoisotopic (exact) mass is 426 g/mol. The molecule has 0 saturated carbocycles. The zero-order valence-corrected chi connectivity index (χ0v) is 19.0. The molecule has 0 unspecified atom stereocenters. The second-order valence-electron chi connectivity index (χ2n) is 7.49. The Morgan fingerprint density at radius 1 is 1.10 bits per heavy atom. The van der Waals surface area contributed by atoms with Gasteiger partial charge in [0.15, 0.2) is 5.96 Å². The molecule has 0 spiro atoms. The van der Waals surface area contributed by atoms with Crippen molar-refractivity contribution in [1.29, 1.82) is 0 Å². The summed E-state index contributed by atoms with van der Waals surface area (Å²) in [5.41, 5.74) is 2.21. The summed E-state index contributed by atoms with van der Waals surface area (Å²) < 4.78 is 13.0. The van der Waals surface area contributed by atoms with Gasteiger partial charge in [0, 0.05) is 62.3 Å². The van der Waals surface area contributed by atoms with E-state index < -0.39 is 0 Å². The molecule has 8 nitrogen and oxygen atoms in total. The summed E-state index contributed by atoms with van der Waals surface area (Å²) in [6, 6.07) is 6.07. The molecule has 0 atom stereocenters. The van der Waals surface area contributed by atoms with Gasteiger partial charge in [-0.2, -0.15) is 0 Å². The quantitative estimate of drug-likeness (QED) is 0.249. The van der Waals surface area contributed by atoms with E-state index in [4.69, 9.17) is 9.47 Å². The van der Waals surface area contributed by atoms with Crippen molar-refractivity contribution in [2.45, 2.75) is 39.2 Å². The summed E-state index contributed by atoms with van der Waals surface area (Å²) in [5.74, 6) is 3.53. The SMILES string of the molecule is CN=C(NCCCCn1ccnc1C)NCCCc1cc2c(OC)cc(OC)cc2[nH]1. The number of unbranched alkanes of at least 4 members (excludes halogenated alkanes) is 1. The predicted octanol–water partition coefficient (Wildman–Crippen LogP) is 3.27. The zero-order valence-electron chi connectivity index (χ0n) is 19.0. The van der Waals surface area contributed by atoms with E-state index in [9.17, 15) is 0 Å². The number of aryl methyl sites for hydroxylation is 3. The number of nitrogens with zero attached hydrogens (tertiary/aromatic N) is 3. The molecule has 3 rings (SSSR count). The van der Waals surface area contributed by atoms with Crippen molar-refractivity contribution in [2.24, 2.45) is 4.99 Å². The number of methoxy groups -OCH3 is 2. The number of rotatable bonds is 11. The van der Waals surface area contributed by atoms with Crippen LogP contribution >= 0.6 is 0 Å². The minimum atomic E-state index is 0.787. The molecule has 0 aliphatic heterocycles. The van der Waals surface area contributed by atoms with Crippen molar-refractivity contribution in [3.05, 3.63) is 42.1 Å². The molecule has 0 amide bonds. The molecule has 0 bridgehead atoms. The van der Waals surface area contributed by atoms with Gasteiger partial charge < -0.3 is 29.7 Å². The lowest BCUT2D eigenvalue weighted by molar-refractivity contribution is 0.398. The number of ether oxygens (including phenoxy) is 2. The van der Waals surface area contributed by atoms with Gasteiger partial charge in [-0.1, -0.05) is 0 Å². The second-order valence-corrected chi connectivity index (χ2v) is 7.49. The molecule has 1 aromatic carbocycles. The Hall–Kier alpha value is -3.16. The molecular formula is C23H34N6O2. The first kappa shape index (κ1) is 22.5. The smallest absolute Gasteiger partial charge is 0.190 e. The van der Waals surface area contributed by atoms with Gasteiger partial charge in [0.1, 0.15) is 17.3 Å². The third kappa shape index (κ3) is 6.16. The highest BCUT2D eigenvalue weighted by Gasteiger charge is 2.09. The number of hydrogen-bond acceptors (Lipinski definition) is 4. The second kappa shape index (κ2) is 11.3. The minimum Gasteiger partial charge on any atom is -0.497 e. The number of guanidine groups is 1. The van der Waals surface area contributed by atoms with Crippen LogP contribution in [-0.4, -0.2) is 54.9 Å². The van der Waals surface area contributed by atoms with Crippen molar-refractivity contribution in [3.8, 4) is 11.5 Å². The number of benzene rings is 1. The molecule has 8 heteroatoms. The number of aromatic amines is 1. The number of aliphatic imine (C=N–C) groups is 1. The Morgan fingerprint density at radius 2 is 1.90 bits per heavy atom. The van der Waals surface area contributed by atoms with Crippen LogP contribution in [0.4, 0.5) is 0 Å². The third-order valence-electron chi connectivity index (χ3n) is 5.37. The van der Waals surface area contributed by atoms with Crippen LogP contribution in [0.15, 0.2) is 35.6 Å². The highest BCUT2D eigenvalue weighted by Crippen LogP contribution is 2.31. The summed E-state index contributed by atoms with van der Waals surface area (Å²) in [6.45, 7) is 4.79. The number of H-pyrrole nitrogens is 1. The van der Waals surface area contributed by atoms with Crippen molar-refractivity contribution < 1.29 is 9.47 Å². The van der Waals surface area contributed by atoms with E-state index in [0.29, 0.717) is 0 Å². The van der Waals surface area contributed by atoms with Crippen molar-refractivity contribution >= 4 is 16.9 Å². The Labute approximate surface area is 184 Å². The van der Waals surface area contributed by atoms with Gasteiger partial charge in [-0.3, -0.25) is 4.99 Å². The fourth-order valence-electron chi connectivity index (χ4n) is 3.62. The third-order valence-corrected chi connectivity index (χ3v) is 5.37. The Balaban J connectivity index is 1.37. The van der Waals surface area contributed by atoms with E-state index in [1.54, 1.807) is 14.2 Å². The topological polar surface area (TPSA) is 88.5 Å². The van der Waals surface area contributed by atoms with Crippen LogP contribution in [0, 0.1) is 6.92 Å². The molecule has 2 aromatic heterocycles. The van der Waals surface area contributed by atoms with Crippen molar-refractivity contribution in [1.82, 2.24) is 25.2 Å². The van der Waals surface area contributed by atoms with E-state index in [1.165, 1.54) is 5.69 Å². The summed E-state index contributed by atoms with van der Waals surface area (Å²) >= 11 is 0. The Kier molecular flexibility index (Phi) is 8.20. The van der Waals surface area contributed by atoms with Gasteiger partial charge in [0.25, 0.3) is 0 Å². The Morgan fingerprint density at radius 3 is 2.58 bits per heavy atom. The summed E-state index contributed by atoms with van der Waals surface area (Å²) in [5, 5.41) is 7.86. The molecule has 0 aliphatic carbocycles. The number of imidazole rings is 1. The molecule has 0 aliphatic rings. The summed E-state index contributed by atoms with van der Waals surface area (Å²) in [4.78, 5) is 12.0. The molecule has 3 aromatic rings. The first-order valence-electron chi connectivity index (χ1n) is 10.8. The van der Waals surface area contributed by atoms with E-state index in [0.717, 1.165) is 79.5 Å². The average Bonchev–Trinajstić information content (AvgIpc) is 3.39. The minimum absolute atomic E-state index is 0.787. The Bertz CT molecular complexity index is 991. The number of hydrogen-bond donors (Lipinski definition) is 3. The number of nitrogens with one attached hydrogen (secondary N) is 3. The molecule has 0 radical (unpaired) electrons. The average molecular weight is 427 g/mol. The molecular weight excluding hydrogens is 392 g/mol. The highest BCUT2D eigenvalue weighted by atomic mass is 16.5. The summed E-state index contributed by atoms with van der Waals surface area (Å²) in [6.07, 6.45) is 8.00. The van der Waals surface area contributed by atoms with Crippen LogP contribution in [0.3, 0.4) is 0 Å². The fraction of sp³-hybridized carbons (Fsp3) is 0.478. The zero-order chi connectivity index (χ0) is 22.1. The predicted molar refractivity (Wildman–Crippen MR) is 125 cm³/mol. The lowest BCUT2D eigenvalue weighted by Gasteiger charge is -2.12. The maximum absolute atomic E-state index is 5.50. The standard InChI is InChI=1S/C23H34N6O2/c1-17-25-11-13-29(17)12-6-5-9-26-23(24-2)27-10-7-8-18-14-20-21(28-18)15-19(30-3)16-22(20)31-4/h11,13-16,28H,5-10,12H2,1-4H3,(H2,24,26,27). The molecule has 2 heterocycles. The maximum Gasteiger partial charge on any atom is 0.190 e. The van der Waals surface area contributed by atoms with Crippen molar-refractivity contribution in [2.75, 3.05) is 34.4 Å². The molecule has 3 N–H and O–H groups in total. The van der Waals surface area contributed by atoms with E-state index >= 15 is 0 Å². The first-order chi connectivity index (χ1) is 15.1. The number of fused-ring (bicyclic) bond motifs is 1. The van der Waals surface area contributed by atoms with Gasteiger partial charge in [-0.25, -0.2) is 4.98 Å². The molecule has 168 valence electrons. The lowest BCUT2D eigenvalue weighted by Crippen LogP contribution is -2.38. The van der Waals surface area contributed by atoms with E-state index in [2.05, 4.69) is 36.2 Å². The lowest BCUT2D eigenvalue weighted by atomic mass is 10.2. The van der Waals surface area contributed by atoms with Crippen LogP contribution in [0.25, 0.3) is 10.9 Å². The maximum atomic E-state index is 5.50. The molecule has 0 fully saturated rings. The van der Waals surface area contributed by atoms with Crippen LogP contribution in [0.5, 0.6) is 11.5 Å². The molecule has 31 heavy (non-hydrogen) atoms. The van der Waals surface area contributed by atoms with Crippen LogP contribution in [-0.2, 0) is 13.0 Å². The van der Waals surface area contributed by atoms with Crippen LogP contribution < -0.4 is 20.1 Å². The first-order valence-corrected chi connectivity index (χ1v) is 10.8. The van der Waals surface area contributed by atoms with Crippen LogP contribution in [0.2, 0.25) is 0 Å². The van der Waals surface area contributed by atoms with Gasteiger partial charge in [-0.15, -0.1) is 0 Å². The van der Waals surface area contributed by atoms with Gasteiger partial charge in [0.05, 0.1) is 19.7 Å². The van der Waals surface area contributed by atoms with E-state index in [1.807, 2.05) is 38.5 Å². The van der Waals surface area contributed by atoms with Gasteiger partial charge in [-0.05, 0) is 38.7 Å². The molecule has 0 saturated heterocycles.